The normalized spacial score (nSPS) is 18.4. The minimum absolute atomic E-state index is 0.212. The van der Waals surface area contributed by atoms with Gasteiger partial charge in [-0.25, -0.2) is 0 Å². The fraction of sp³-hybridized carbons (Fsp3) is 0.586. The highest BCUT2D eigenvalue weighted by Gasteiger charge is 2.20. The maximum Gasteiger partial charge on any atom is 0.115 e. The molecule has 0 aromatic heterocycles. The summed E-state index contributed by atoms with van der Waals surface area (Å²) in [5.74, 6) is 1.06. The number of phenolic OH excluding ortho intramolecular Hbond substituents is 1. The monoisotopic (exact) mass is 421 g/mol. The fourth-order valence-corrected chi connectivity index (χ4v) is 5.06. The Bertz CT molecular complexity index is 789. The summed E-state index contributed by atoms with van der Waals surface area (Å²) >= 11 is 0. The van der Waals surface area contributed by atoms with Crippen LogP contribution in [0.25, 0.3) is 0 Å². The van der Waals surface area contributed by atoms with Crippen molar-refractivity contribution in [3.05, 3.63) is 65.2 Å². The number of unbranched alkanes of at least 4 members (excludes halogenated alkanes) is 1. The Labute approximate surface area is 190 Å². The zero-order valence-electron chi connectivity index (χ0n) is 20.2. The van der Waals surface area contributed by atoms with Gasteiger partial charge in [-0.1, -0.05) is 76.4 Å². The van der Waals surface area contributed by atoms with E-state index in [1.165, 1.54) is 68.2 Å². The summed E-state index contributed by atoms with van der Waals surface area (Å²) in [6.45, 7) is 8.10. The van der Waals surface area contributed by atoms with Gasteiger partial charge < -0.3 is 10.0 Å². The summed E-state index contributed by atoms with van der Waals surface area (Å²) < 4.78 is 0. The highest BCUT2D eigenvalue weighted by Crippen LogP contribution is 2.27. The average Bonchev–Trinajstić information content (AvgIpc) is 3.13. The second kappa shape index (κ2) is 11.2. The lowest BCUT2D eigenvalue weighted by atomic mass is 9.85. The van der Waals surface area contributed by atoms with Gasteiger partial charge in [-0.3, -0.25) is 0 Å². The molecule has 1 N–H and O–H groups in total. The number of aromatic hydroxyl groups is 1. The zero-order valence-corrected chi connectivity index (χ0v) is 20.2. The molecule has 2 atom stereocenters. The maximum atomic E-state index is 9.88. The van der Waals surface area contributed by atoms with Gasteiger partial charge in [-0.05, 0) is 92.3 Å². The molecule has 170 valence electrons. The van der Waals surface area contributed by atoms with Gasteiger partial charge in [-0.2, -0.15) is 0 Å². The van der Waals surface area contributed by atoms with Crippen molar-refractivity contribution in [2.45, 2.75) is 90.0 Å². The topological polar surface area (TPSA) is 23.5 Å². The maximum absolute atomic E-state index is 9.88. The molecule has 2 nitrogen and oxygen atoms in total. The minimum Gasteiger partial charge on any atom is -0.508 e. The summed E-state index contributed by atoms with van der Waals surface area (Å²) in [6, 6.07) is 17.9. The minimum atomic E-state index is 0.212. The second-order valence-corrected chi connectivity index (χ2v) is 10.8. The zero-order chi connectivity index (χ0) is 22.3. The molecule has 1 aliphatic rings. The predicted molar refractivity (Wildman–Crippen MR) is 133 cm³/mol. The lowest BCUT2D eigenvalue weighted by Crippen LogP contribution is -2.24. The van der Waals surface area contributed by atoms with Gasteiger partial charge in [0.2, 0.25) is 0 Å². The Morgan fingerprint density at radius 3 is 2.42 bits per heavy atom. The SMILES string of the molecule is CN1CCC[C@H]1CCCCC(CCc1ccc(C(C)(C)C)cc1)Cc1cccc(O)c1. The fourth-order valence-electron chi connectivity index (χ4n) is 5.06. The molecule has 0 radical (unpaired) electrons. The van der Waals surface area contributed by atoms with E-state index in [0.29, 0.717) is 11.7 Å². The number of hydrogen-bond donors (Lipinski definition) is 1. The first-order chi connectivity index (χ1) is 14.8. The Balaban J connectivity index is 1.54. The molecule has 1 unspecified atom stereocenters. The van der Waals surface area contributed by atoms with Crippen molar-refractivity contribution in [2.75, 3.05) is 13.6 Å². The van der Waals surface area contributed by atoms with Crippen LogP contribution in [0.15, 0.2) is 48.5 Å². The summed E-state index contributed by atoms with van der Waals surface area (Å²) in [5, 5.41) is 9.88. The first-order valence-corrected chi connectivity index (χ1v) is 12.4. The van der Waals surface area contributed by atoms with Crippen LogP contribution in [0, 0.1) is 5.92 Å². The third kappa shape index (κ3) is 7.68. The number of phenols is 1. The standard InChI is InChI=1S/C29H43NO/c1-29(2,3)26-18-16-23(17-19-26)14-15-24(21-25-10-7-13-28(31)22-25)9-5-6-11-27-12-8-20-30(27)4/h7,10,13,16-19,22,24,27,31H,5-6,8-9,11-12,14-15,20-21H2,1-4H3/t24?,27-/m1/s1. The summed E-state index contributed by atoms with van der Waals surface area (Å²) in [6.07, 6.45) is 11.5. The van der Waals surface area contributed by atoms with E-state index in [4.69, 9.17) is 0 Å². The predicted octanol–water partition coefficient (Wildman–Crippen LogP) is 7.14. The number of hydrogen-bond acceptors (Lipinski definition) is 2. The second-order valence-electron chi connectivity index (χ2n) is 10.8. The van der Waals surface area contributed by atoms with E-state index in [2.05, 4.69) is 63.1 Å². The molecule has 2 aromatic carbocycles. The van der Waals surface area contributed by atoms with Crippen molar-refractivity contribution in [3.63, 3.8) is 0 Å². The van der Waals surface area contributed by atoms with E-state index in [-0.39, 0.29) is 5.41 Å². The molecular weight excluding hydrogens is 378 g/mol. The van der Waals surface area contributed by atoms with Crippen molar-refractivity contribution >= 4 is 0 Å². The molecule has 0 saturated carbocycles. The molecular formula is C29H43NO. The molecule has 2 heteroatoms. The molecule has 0 amide bonds. The van der Waals surface area contributed by atoms with Gasteiger partial charge in [-0.15, -0.1) is 0 Å². The van der Waals surface area contributed by atoms with Gasteiger partial charge in [0.15, 0.2) is 0 Å². The van der Waals surface area contributed by atoms with Crippen LogP contribution in [0.3, 0.4) is 0 Å². The van der Waals surface area contributed by atoms with Gasteiger partial charge in [0.25, 0.3) is 0 Å². The molecule has 31 heavy (non-hydrogen) atoms. The Kier molecular flexibility index (Phi) is 8.60. The van der Waals surface area contributed by atoms with Crippen molar-refractivity contribution < 1.29 is 5.11 Å². The summed E-state index contributed by atoms with van der Waals surface area (Å²) in [5.41, 5.74) is 4.33. The van der Waals surface area contributed by atoms with Crippen LogP contribution >= 0.6 is 0 Å². The van der Waals surface area contributed by atoms with E-state index in [0.717, 1.165) is 18.9 Å². The summed E-state index contributed by atoms with van der Waals surface area (Å²) in [7, 11) is 2.29. The highest BCUT2D eigenvalue weighted by molar-refractivity contribution is 5.28. The third-order valence-corrected chi connectivity index (χ3v) is 7.17. The van der Waals surface area contributed by atoms with Gasteiger partial charge in [0, 0.05) is 6.04 Å². The van der Waals surface area contributed by atoms with Crippen molar-refractivity contribution in [3.8, 4) is 5.75 Å². The van der Waals surface area contributed by atoms with Crippen molar-refractivity contribution in [2.24, 2.45) is 5.92 Å². The first kappa shape index (κ1) is 23.9. The number of aryl methyl sites for hydroxylation is 1. The highest BCUT2D eigenvalue weighted by atomic mass is 16.3. The molecule has 1 fully saturated rings. The van der Waals surface area contributed by atoms with E-state index in [1.54, 1.807) is 6.07 Å². The van der Waals surface area contributed by atoms with Gasteiger partial charge >= 0.3 is 0 Å². The number of likely N-dealkylation sites (tertiary alicyclic amines) is 1. The molecule has 0 bridgehead atoms. The molecule has 1 saturated heterocycles. The number of benzene rings is 2. The molecule has 1 aliphatic heterocycles. The molecule has 3 rings (SSSR count). The van der Waals surface area contributed by atoms with E-state index < -0.39 is 0 Å². The lowest BCUT2D eigenvalue weighted by molar-refractivity contribution is 0.286. The van der Waals surface area contributed by atoms with Crippen LogP contribution < -0.4 is 0 Å². The van der Waals surface area contributed by atoms with Crippen LogP contribution in [0.5, 0.6) is 5.75 Å². The largest absolute Gasteiger partial charge is 0.508 e. The molecule has 1 heterocycles. The van der Waals surface area contributed by atoms with E-state index in [9.17, 15) is 5.11 Å². The quantitative estimate of drug-likeness (QED) is 0.412. The Hall–Kier alpha value is -1.80. The third-order valence-electron chi connectivity index (χ3n) is 7.17. The summed E-state index contributed by atoms with van der Waals surface area (Å²) in [4.78, 5) is 2.55. The van der Waals surface area contributed by atoms with Crippen LogP contribution in [0.4, 0.5) is 0 Å². The van der Waals surface area contributed by atoms with Crippen molar-refractivity contribution in [1.82, 2.24) is 4.90 Å². The van der Waals surface area contributed by atoms with Gasteiger partial charge in [0.05, 0.1) is 0 Å². The average molecular weight is 422 g/mol. The first-order valence-electron chi connectivity index (χ1n) is 12.4. The van der Waals surface area contributed by atoms with E-state index in [1.807, 2.05) is 12.1 Å². The van der Waals surface area contributed by atoms with Crippen LogP contribution in [0.1, 0.15) is 82.4 Å². The van der Waals surface area contributed by atoms with Gasteiger partial charge in [0.1, 0.15) is 5.75 Å². The number of nitrogens with zero attached hydrogens (tertiary/aromatic N) is 1. The van der Waals surface area contributed by atoms with E-state index >= 15 is 0 Å². The smallest absolute Gasteiger partial charge is 0.115 e. The molecule has 0 aliphatic carbocycles. The van der Waals surface area contributed by atoms with Crippen LogP contribution in [-0.4, -0.2) is 29.6 Å². The van der Waals surface area contributed by atoms with Crippen LogP contribution in [0.2, 0.25) is 0 Å². The molecule has 0 spiro atoms. The Morgan fingerprint density at radius 1 is 1.00 bits per heavy atom. The van der Waals surface area contributed by atoms with Crippen molar-refractivity contribution in [1.29, 1.82) is 0 Å². The molecule has 2 aromatic rings. The lowest BCUT2D eigenvalue weighted by Gasteiger charge is -2.21. The number of rotatable bonds is 10. The van der Waals surface area contributed by atoms with Crippen LogP contribution in [-0.2, 0) is 18.3 Å². The Morgan fingerprint density at radius 2 is 1.77 bits per heavy atom.